The van der Waals surface area contributed by atoms with Crippen LogP contribution in [0.3, 0.4) is 0 Å². The summed E-state index contributed by atoms with van der Waals surface area (Å²) in [4.78, 5) is 30.3. The van der Waals surface area contributed by atoms with Gasteiger partial charge in [0, 0.05) is 46.2 Å². The number of amides is 1. The quantitative estimate of drug-likeness (QED) is 0.419. The number of alkyl halides is 6. The average molecular weight is 591 g/mol. The van der Waals surface area contributed by atoms with Crippen molar-refractivity contribution in [3.63, 3.8) is 0 Å². The van der Waals surface area contributed by atoms with E-state index in [0.29, 0.717) is 29.9 Å². The van der Waals surface area contributed by atoms with Crippen molar-refractivity contribution < 1.29 is 45.4 Å². The van der Waals surface area contributed by atoms with Crippen molar-refractivity contribution in [1.29, 1.82) is 0 Å². The van der Waals surface area contributed by atoms with Gasteiger partial charge in [-0.15, -0.1) is 0 Å². The van der Waals surface area contributed by atoms with E-state index >= 15 is 0 Å². The highest BCUT2D eigenvalue weighted by Gasteiger charge is 2.37. The highest BCUT2D eigenvalue weighted by molar-refractivity contribution is 6.03. The van der Waals surface area contributed by atoms with Crippen LogP contribution in [-0.4, -0.2) is 79.1 Å². The molecule has 3 aromatic rings. The maximum Gasteiger partial charge on any atom is 0.435 e. The third-order valence-electron chi connectivity index (χ3n) is 5.49. The summed E-state index contributed by atoms with van der Waals surface area (Å²) in [6.45, 7) is 1.70. The highest BCUT2D eigenvalue weighted by atomic mass is 19.4. The lowest BCUT2D eigenvalue weighted by atomic mass is 10.2. The molecule has 4 heterocycles. The largest absolute Gasteiger partial charge is 0.435 e. The summed E-state index contributed by atoms with van der Waals surface area (Å²) in [6, 6.07) is 5.31. The first kappa shape index (κ1) is 33.2. The van der Waals surface area contributed by atoms with Gasteiger partial charge in [-0.3, -0.25) is 9.48 Å². The minimum absolute atomic E-state index is 0.0715. The van der Waals surface area contributed by atoms with Crippen LogP contribution in [0.4, 0.5) is 37.7 Å². The summed E-state index contributed by atoms with van der Waals surface area (Å²) >= 11 is 0. The van der Waals surface area contributed by atoms with Gasteiger partial charge in [-0.1, -0.05) is 6.07 Å². The number of carbonyl (C=O) groups is 2. The molecule has 4 rings (SSSR count). The third-order valence-corrected chi connectivity index (χ3v) is 5.49. The monoisotopic (exact) mass is 590 g/mol. The Labute approximate surface area is 231 Å². The second kappa shape index (κ2) is 14.5. The molecule has 1 unspecified atom stereocenters. The number of hydrogen-bond donors (Lipinski definition) is 1. The molecule has 0 aromatic carbocycles. The van der Waals surface area contributed by atoms with Gasteiger partial charge in [-0.2, -0.15) is 31.4 Å². The van der Waals surface area contributed by atoms with E-state index in [2.05, 4.69) is 25.1 Å². The number of aromatic nitrogens is 4. The maximum atomic E-state index is 13.6. The predicted octanol–water partition coefficient (Wildman–Crippen LogP) is 4.48. The Morgan fingerprint density at radius 3 is 2.39 bits per heavy atom. The van der Waals surface area contributed by atoms with Gasteiger partial charge in [-0.05, 0) is 24.6 Å². The fourth-order valence-corrected chi connectivity index (χ4v) is 3.78. The molecule has 1 amide bonds. The average Bonchev–Trinajstić information content (AvgIpc) is 3.59. The molecule has 1 N–H and O–H groups in total. The van der Waals surface area contributed by atoms with Crippen LogP contribution in [0.2, 0.25) is 0 Å². The summed E-state index contributed by atoms with van der Waals surface area (Å²) in [5.74, 6) is -0.944. The van der Waals surface area contributed by atoms with Gasteiger partial charge < -0.3 is 24.5 Å². The van der Waals surface area contributed by atoms with E-state index in [1.807, 2.05) is 6.79 Å². The summed E-state index contributed by atoms with van der Waals surface area (Å²) in [6.07, 6.45) is -5.34. The number of hydrogen-bond acceptors (Lipinski definition) is 8. The van der Waals surface area contributed by atoms with E-state index in [-0.39, 0.29) is 23.1 Å². The molecule has 0 bridgehead atoms. The lowest BCUT2D eigenvalue weighted by Gasteiger charge is -2.21. The zero-order valence-corrected chi connectivity index (χ0v) is 22.3. The van der Waals surface area contributed by atoms with Crippen LogP contribution >= 0.6 is 0 Å². The zero-order chi connectivity index (χ0) is 30.8. The lowest BCUT2D eigenvalue weighted by Crippen LogP contribution is -2.24. The molecule has 0 saturated carbocycles. The topological polar surface area (TPSA) is 111 Å². The van der Waals surface area contributed by atoms with Crippen LogP contribution in [0.25, 0.3) is 11.3 Å². The smallest absolute Gasteiger partial charge is 0.388 e. The molecule has 0 spiro atoms. The molecule has 224 valence electrons. The molecular formula is C25H28F6N6O4. The van der Waals surface area contributed by atoms with E-state index in [1.54, 1.807) is 26.2 Å². The zero-order valence-electron chi connectivity index (χ0n) is 22.3. The van der Waals surface area contributed by atoms with Crippen LogP contribution in [0.1, 0.15) is 22.6 Å². The van der Waals surface area contributed by atoms with E-state index in [4.69, 9.17) is 9.53 Å². The van der Waals surface area contributed by atoms with E-state index in [1.165, 1.54) is 24.3 Å². The number of nitrogens with zero attached hydrogens (tertiary/aromatic N) is 5. The van der Waals surface area contributed by atoms with Gasteiger partial charge in [0.1, 0.15) is 19.0 Å². The fraction of sp³-hybridized carbons (Fsp3) is 0.400. The minimum atomic E-state index is -4.83. The van der Waals surface area contributed by atoms with Crippen LogP contribution in [0.5, 0.6) is 0 Å². The number of ether oxygens (including phenoxy) is 2. The van der Waals surface area contributed by atoms with Crippen molar-refractivity contribution in [2.45, 2.75) is 31.4 Å². The van der Waals surface area contributed by atoms with Crippen molar-refractivity contribution >= 4 is 24.1 Å². The van der Waals surface area contributed by atoms with Crippen molar-refractivity contribution in [2.24, 2.45) is 0 Å². The first-order valence-corrected chi connectivity index (χ1v) is 11.8. The lowest BCUT2D eigenvalue weighted by molar-refractivity contribution is -0.142. The summed E-state index contributed by atoms with van der Waals surface area (Å²) < 4.78 is 88.7. The van der Waals surface area contributed by atoms with Crippen molar-refractivity contribution in [2.75, 3.05) is 44.6 Å². The van der Waals surface area contributed by atoms with Crippen LogP contribution in [0, 0.1) is 0 Å². The second-order valence-corrected chi connectivity index (χ2v) is 8.49. The summed E-state index contributed by atoms with van der Waals surface area (Å²) in [5, 5.41) is 5.85. The molecular weight excluding hydrogens is 562 g/mol. The minimum Gasteiger partial charge on any atom is -0.388 e. The fourth-order valence-electron chi connectivity index (χ4n) is 3.78. The SMILES string of the molecule is C=O.COC.COC1CCN(c2cnc(C(F)(F)F)c(NC(=O)c3cccc(-c4cnn(CC(F)(F)F)c4)n3)c2)C1. The van der Waals surface area contributed by atoms with Gasteiger partial charge in [0.25, 0.3) is 5.91 Å². The third kappa shape index (κ3) is 9.53. The van der Waals surface area contributed by atoms with E-state index in [9.17, 15) is 31.1 Å². The van der Waals surface area contributed by atoms with Gasteiger partial charge in [0.05, 0.1) is 35.6 Å². The Morgan fingerprint density at radius 2 is 1.80 bits per heavy atom. The molecule has 41 heavy (non-hydrogen) atoms. The molecule has 3 aromatic heterocycles. The van der Waals surface area contributed by atoms with E-state index < -0.39 is 36.2 Å². The number of rotatable bonds is 6. The van der Waals surface area contributed by atoms with Crippen molar-refractivity contribution in [3.05, 3.63) is 54.2 Å². The normalized spacial score (nSPS) is 15.0. The number of carbonyl (C=O) groups excluding carboxylic acids is 2. The maximum absolute atomic E-state index is 13.6. The molecule has 10 nitrogen and oxygen atoms in total. The van der Waals surface area contributed by atoms with Gasteiger partial charge in [0.15, 0.2) is 5.69 Å². The first-order valence-electron chi connectivity index (χ1n) is 11.8. The number of methoxy groups -OCH3 is 2. The molecule has 1 aliphatic heterocycles. The highest BCUT2D eigenvalue weighted by Crippen LogP contribution is 2.36. The Kier molecular flexibility index (Phi) is 11.8. The van der Waals surface area contributed by atoms with Crippen molar-refractivity contribution in [1.82, 2.24) is 19.7 Å². The molecule has 1 aliphatic rings. The molecule has 0 radical (unpaired) electrons. The Morgan fingerprint density at radius 1 is 1.12 bits per heavy atom. The Balaban J connectivity index is 0.00000110. The Hall–Kier alpha value is -4.05. The van der Waals surface area contributed by atoms with E-state index in [0.717, 1.165) is 18.6 Å². The number of anilines is 2. The molecule has 0 aliphatic carbocycles. The van der Waals surface area contributed by atoms with Gasteiger partial charge in [0.2, 0.25) is 0 Å². The Bertz CT molecular complexity index is 1280. The molecule has 1 atom stereocenters. The molecule has 16 heteroatoms. The van der Waals surface area contributed by atoms with Crippen LogP contribution in [0.15, 0.2) is 42.9 Å². The first-order chi connectivity index (χ1) is 19.3. The summed E-state index contributed by atoms with van der Waals surface area (Å²) in [5.41, 5.74) is -1.34. The number of nitrogens with one attached hydrogen (secondary N) is 1. The van der Waals surface area contributed by atoms with Crippen LogP contribution in [-0.2, 0) is 27.0 Å². The molecule has 1 fully saturated rings. The van der Waals surface area contributed by atoms with Gasteiger partial charge in [-0.25, -0.2) is 9.97 Å². The summed E-state index contributed by atoms with van der Waals surface area (Å²) in [7, 11) is 4.80. The standard InChI is InChI=1S/C22H20F6N6O2.C2H6O.CH2O/c1-36-15-5-6-33(11-15)14-7-18(19(29-9-14)22(26,27)28)32-20(35)17-4-2-3-16(31-17)13-8-30-34(10-13)12-21(23,24)25;1-3-2;1-2/h2-4,7-10,15H,5-6,11-12H2,1H3,(H,32,35);1-2H3;1H2. The van der Waals surface area contributed by atoms with Crippen molar-refractivity contribution in [3.8, 4) is 11.3 Å². The number of pyridine rings is 2. The second-order valence-electron chi connectivity index (χ2n) is 8.49. The van der Waals surface area contributed by atoms with Gasteiger partial charge >= 0.3 is 12.4 Å². The predicted molar refractivity (Wildman–Crippen MR) is 136 cm³/mol. The molecule has 1 saturated heterocycles. The van der Waals surface area contributed by atoms with Crippen LogP contribution < -0.4 is 10.2 Å². The number of halogens is 6.